The number of aliphatic carboxylic acids is 5. The van der Waals surface area contributed by atoms with Crippen molar-refractivity contribution in [1.29, 1.82) is 0 Å². The molecule has 0 radical (unpaired) electrons. The molecule has 5 amide bonds. The lowest BCUT2D eigenvalue weighted by Crippen LogP contribution is -2.47. The van der Waals surface area contributed by atoms with E-state index in [1.807, 2.05) is 6.92 Å². The Morgan fingerprint density at radius 1 is 0.391 bits per heavy atom. The number of unbranched alkanes of at least 4 members (excludes halogenated alkanes) is 14. The Morgan fingerprint density at radius 3 is 1.29 bits per heavy atom. The van der Waals surface area contributed by atoms with Gasteiger partial charge < -0.3 is 76.2 Å². The van der Waals surface area contributed by atoms with Crippen LogP contribution in [-0.2, 0) is 76.5 Å². The van der Waals surface area contributed by atoms with Crippen LogP contribution in [0, 0.1) is 5.92 Å². The Kier molecular flexibility index (Phi) is 49.1. The molecule has 0 aromatic rings. The van der Waals surface area contributed by atoms with Gasteiger partial charge in [0.2, 0.25) is 29.5 Å². The second-order valence-corrected chi connectivity index (χ2v) is 21.5. The third-order valence-electron chi connectivity index (χ3n) is 14.0. The van der Waals surface area contributed by atoms with Crippen LogP contribution >= 0.6 is 0 Å². The number of aliphatic hydroxyl groups excluding tert-OH is 1. The minimum atomic E-state index is -1.42. The van der Waals surface area contributed by atoms with Crippen molar-refractivity contribution in [3.63, 3.8) is 0 Å². The molecule has 0 rings (SSSR count). The zero-order valence-electron chi connectivity index (χ0n) is 51.3. The topological polar surface area (TPSA) is 435 Å². The summed E-state index contributed by atoms with van der Waals surface area (Å²) in [6, 6.07) is -5.36. The van der Waals surface area contributed by atoms with Crippen LogP contribution in [0.15, 0.2) is 0 Å². The molecule has 0 aliphatic heterocycles. The highest BCUT2D eigenvalue weighted by Gasteiger charge is 2.27. The van der Waals surface area contributed by atoms with Crippen molar-refractivity contribution in [1.82, 2.24) is 31.9 Å². The van der Waals surface area contributed by atoms with Crippen LogP contribution in [-0.4, -0.2) is 204 Å². The maximum absolute atomic E-state index is 12.6. The van der Waals surface area contributed by atoms with Gasteiger partial charge in [0.15, 0.2) is 5.78 Å². The summed E-state index contributed by atoms with van der Waals surface area (Å²) in [5, 5.41) is 71.1. The van der Waals surface area contributed by atoms with E-state index in [4.69, 9.17) is 29.2 Å². The Bertz CT molecular complexity index is 2030. The molecule has 0 fully saturated rings. The predicted octanol–water partition coefficient (Wildman–Crippen LogP) is 3.20. The number of ether oxygens (including phenoxy) is 4. The van der Waals surface area contributed by atoms with Gasteiger partial charge in [-0.15, -0.1) is 0 Å². The number of nitrogens with one attached hydrogen (secondary N) is 6. The maximum atomic E-state index is 12.6. The summed E-state index contributed by atoms with van der Waals surface area (Å²) in [6.07, 6.45) is 14.8. The fourth-order valence-corrected chi connectivity index (χ4v) is 8.88. The molecule has 87 heavy (non-hydrogen) atoms. The van der Waals surface area contributed by atoms with Crippen molar-refractivity contribution in [3.8, 4) is 0 Å². The predicted molar refractivity (Wildman–Crippen MR) is 315 cm³/mol. The Labute approximate surface area is 510 Å². The molecule has 0 aromatic carbocycles. The summed E-state index contributed by atoms with van der Waals surface area (Å²) in [4.78, 5) is 144. The molecule has 12 N–H and O–H groups in total. The molecule has 0 aromatic heterocycles. The number of hydrogen-bond donors (Lipinski definition) is 12. The highest BCUT2D eigenvalue weighted by atomic mass is 16.5. The van der Waals surface area contributed by atoms with Crippen LogP contribution in [0.1, 0.15) is 194 Å². The number of Topliss-reactive ketones (excluding diaryl/α,β-unsaturated/α-hetero) is 2. The van der Waals surface area contributed by atoms with Gasteiger partial charge >= 0.3 is 29.8 Å². The van der Waals surface area contributed by atoms with Crippen LogP contribution in [0.25, 0.3) is 0 Å². The first kappa shape index (κ1) is 80.8. The van der Waals surface area contributed by atoms with Crippen LogP contribution in [0.5, 0.6) is 0 Å². The molecule has 0 aliphatic rings. The van der Waals surface area contributed by atoms with Gasteiger partial charge in [-0.25, -0.2) is 14.4 Å². The molecule has 0 bridgehead atoms. The zero-order chi connectivity index (χ0) is 65.0. The fourth-order valence-electron chi connectivity index (χ4n) is 8.88. The van der Waals surface area contributed by atoms with E-state index >= 15 is 0 Å². The molecule has 500 valence electrons. The minimum Gasteiger partial charge on any atom is -0.481 e. The summed E-state index contributed by atoms with van der Waals surface area (Å²) in [5.74, 6) is -9.55. The van der Waals surface area contributed by atoms with Gasteiger partial charge in [-0.05, 0) is 64.7 Å². The average molecular weight is 1250 g/mol. The number of carbonyl (C=O) groups excluding carboxylic acids is 7. The van der Waals surface area contributed by atoms with Crippen LogP contribution in [0.3, 0.4) is 0 Å². The number of carbonyl (C=O) groups is 12. The minimum absolute atomic E-state index is 0.00964. The molecular formula is C59H102N6O22. The van der Waals surface area contributed by atoms with Gasteiger partial charge in [-0.2, -0.15) is 0 Å². The Hall–Kier alpha value is -6.20. The van der Waals surface area contributed by atoms with Gasteiger partial charge in [-0.1, -0.05) is 90.4 Å². The molecule has 0 saturated heterocycles. The van der Waals surface area contributed by atoms with Crippen LogP contribution in [0.2, 0.25) is 0 Å². The van der Waals surface area contributed by atoms with E-state index in [0.29, 0.717) is 38.5 Å². The zero-order valence-corrected chi connectivity index (χ0v) is 51.3. The van der Waals surface area contributed by atoms with Crippen molar-refractivity contribution >= 4 is 70.9 Å². The second kappa shape index (κ2) is 52.9. The third-order valence-corrected chi connectivity index (χ3v) is 14.0. The van der Waals surface area contributed by atoms with E-state index in [-0.39, 0.29) is 141 Å². The van der Waals surface area contributed by atoms with Crippen molar-refractivity contribution in [3.05, 3.63) is 0 Å². The Balaban J connectivity index is 4.06. The average Bonchev–Trinajstić information content (AvgIpc) is 3.60. The van der Waals surface area contributed by atoms with Crippen LogP contribution in [0.4, 0.5) is 0 Å². The highest BCUT2D eigenvalue weighted by Crippen LogP contribution is 2.16. The van der Waals surface area contributed by atoms with Crippen LogP contribution < -0.4 is 31.9 Å². The summed E-state index contributed by atoms with van der Waals surface area (Å²) in [6.45, 7) is 3.32. The molecule has 0 unspecified atom stereocenters. The van der Waals surface area contributed by atoms with Gasteiger partial charge in [0.25, 0.3) is 0 Å². The summed E-state index contributed by atoms with van der Waals surface area (Å²) in [7, 11) is 0. The second-order valence-electron chi connectivity index (χ2n) is 21.5. The summed E-state index contributed by atoms with van der Waals surface area (Å²) in [5.41, 5.74) is 0. The normalized spacial score (nSPS) is 13.2. The largest absolute Gasteiger partial charge is 0.481 e. The number of amides is 5. The first-order chi connectivity index (χ1) is 41.6. The van der Waals surface area contributed by atoms with Gasteiger partial charge in [0.05, 0.1) is 45.7 Å². The van der Waals surface area contributed by atoms with Crippen molar-refractivity contribution in [2.45, 2.75) is 224 Å². The molecule has 0 heterocycles. The number of hydrogen-bond acceptors (Lipinski definition) is 18. The Morgan fingerprint density at radius 2 is 0.816 bits per heavy atom. The van der Waals surface area contributed by atoms with Gasteiger partial charge in [0, 0.05) is 64.1 Å². The number of carboxylic acid groups (broad SMARTS) is 5. The van der Waals surface area contributed by atoms with E-state index in [2.05, 4.69) is 31.9 Å². The highest BCUT2D eigenvalue weighted by molar-refractivity contribution is 5.87. The van der Waals surface area contributed by atoms with Gasteiger partial charge in [-0.3, -0.25) is 48.5 Å². The maximum Gasteiger partial charge on any atom is 0.326 e. The molecule has 0 aliphatic carbocycles. The first-order valence-corrected chi connectivity index (χ1v) is 30.9. The lowest BCUT2D eigenvalue weighted by atomic mass is 9.94. The third kappa shape index (κ3) is 47.5. The molecule has 6 atom stereocenters. The van der Waals surface area contributed by atoms with E-state index in [1.165, 1.54) is 32.6 Å². The number of carboxylic acids is 5. The standard InChI is InChI=1S/C59H102N6O22/c1-3-43(48(68)39-62-55(42(2)66)59(82)83)21-18-19-31-60-49(69)28-26-47(58(80)81)65-53(73)41-87-38-35-84-33-20-22-44(67)40-86-37-36-85-34-32-61-50(70)29-25-45(56(76)77)64-52(72)30-27-46(57(78)79)63-51(71)23-16-14-12-10-8-6-4-5-7-9-11-13-15-17-24-54(74)75/h42-43,45-47,55,62,66H,3-41H2,1-2H3,(H,60,69)(H,61,70)(H,63,71)(H,64,72)(H,65,73)(H,74,75)(H,76,77)(H,78,79)(H,80,81)(H,82,83)/t42-,43+,45+,46+,47+,55+/m1/s1. The molecule has 28 nitrogen and oxygen atoms in total. The first-order valence-electron chi connectivity index (χ1n) is 30.9. The van der Waals surface area contributed by atoms with Crippen molar-refractivity contribution < 1.29 is 107 Å². The lowest BCUT2D eigenvalue weighted by molar-refractivity contribution is -0.143. The van der Waals surface area contributed by atoms with E-state index in [0.717, 1.165) is 57.8 Å². The monoisotopic (exact) mass is 1250 g/mol. The molecule has 28 heteroatoms. The van der Waals surface area contributed by atoms with E-state index < -0.39 is 96.3 Å². The number of rotatable bonds is 61. The van der Waals surface area contributed by atoms with Gasteiger partial charge in [0.1, 0.15) is 43.2 Å². The molecule has 0 saturated carbocycles. The smallest absolute Gasteiger partial charge is 0.326 e. The molecular weight excluding hydrogens is 1140 g/mol. The SMILES string of the molecule is CC[C@@H](CCCCNC(=O)CC[C@H](NC(=O)COCCOCCCC(=O)COCCOCCNC(=O)CC[C@H](NC(=O)CC[C@H](NC(=O)CCCCCCCCCCCCCCCCC(=O)O)C(=O)O)C(=O)O)C(=O)O)C(=O)CN[C@H](C(=O)O)[C@@H](C)O. The number of aliphatic hydroxyl groups is 1. The van der Waals surface area contributed by atoms with Crippen molar-refractivity contribution in [2.75, 3.05) is 72.5 Å². The quantitative estimate of drug-likeness (QED) is 0.0389. The lowest BCUT2D eigenvalue weighted by Gasteiger charge is -2.19. The fraction of sp³-hybridized carbons (Fsp3) is 0.797. The summed E-state index contributed by atoms with van der Waals surface area (Å²) >= 11 is 0. The van der Waals surface area contributed by atoms with E-state index in [9.17, 15) is 78.0 Å². The van der Waals surface area contributed by atoms with E-state index in [1.54, 1.807) is 0 Å². The van der Waals surface area contributed by atoms with Crippen molar-refractivity contribution in [2.24, 2.45) is 5.92 Å². The summed E-state index contributed by atoms with van der Waals surface area (Å²) < 4.78 is 21.4. The molecule has 0 spiro atoms. The number of ketones is 2.